The Morgan fingerprint density at radius 2 is 1.55 bits per heavy atom. The minimum absolute atomic E-state index is 0.394. The Balaban J connectivity index is 1.45. The first-order chi connectivity index (χ1) is 9.83. The van der Waals surface area contributed by atoms with Gasteiger partial charge in [-0.1, -0.05) is 0 Å². The second kappa shape index (κ2) is 4.23. The third kappa shape index (κ3) is 1.34. The predicted octanol–water partition coefficient (Wildman–Crippen LogP) is 2.54. The molecule has 5 aliphatic carbocycles. The van der Waals surface area contributed by atoms with Crippen molar-refractivity contribution in [3.8, 4) is 0 Å². The standard InChI is InChI=1S/C18H28O2/c19-4-3-9-5-10-6-13(9)18-14(10)7-15-11-1-2-12(17(15)18)16(11)8-20/h9-20H,1-8H2. The molecular formula is C18H28O2. The molecule has 2 nitrogen and oxygen atoms in total. The minimum Gasteiger partial charge on any atom is -0.396 e. The van der Waals surface area contributed by atoms with E-state index in [9.17, 15) is 10.2 Å². The highest BCUT2D eigenvalue weighted by molar-refractivity contribution is 5.15. The average Bonchev–Trinajstić information content (AvgIpc) is 3.20. The minimum atomic E-state index is 0.394. The molecule has 112 valence electrons. The van der Waals surface area contributed by atoms with Gasteiger partial charge in [0.15, 0.2) is 0 Å². The van der Waals surface area contributed by atoms with Crippen LogP contribution >= 0.6 is 0 Å². The van der Waals surface area contributed by atoms with Crippen molar-refractivity contribution in [2.24, 2.45) is 59.2 Å². The van der Waals surface area contributed by atoms with E-state index < -0.39 is 0 Å². The third-order valence-corrected chi connectivity index (χ3v) is 8.55. The van der Waals surface area contributed by atoms with Crippen LogP contribution in [0.1, 0.15) is 38.5 Å². The van der Waals surface area contributed by atoms with Crippen molar-refractivity contribution in [2.45, 2.75) is 38.5 Å². The van der Waals surface area contributed by atoms with Gasteiger partial charge in [0.2, 0.25) is 0 Å². The molecule has 0 heterocycles. The number of rotatable bonds is 3. The molecule has 5 saturated carbocycles. The number of hydrogen-bond acceptors (Lipinski definition) is 2. The molecule has 4 bridgehead atoms. The molecule has 0 radical (unpaired) electrons. The van der Waals surface area contributed by atoms with Crippen molar-refractivity contribution < 1.29 is 10.2 Å². The van der Waals surface area contributed by atoms with E-state index in [-0.39, 0.29) is 0 Å². The van der Waals surface area contributed by atoms with Gasteiger partial charge in [-0.25, -0.2) is 0 Å². The summed E-state index contributed by atoms with van der Waals surface area (Å²) < 4.78 is 0. The summed E-state index contributed by atoms with van der Waals surface area (Å²) in [6.07, 6.45) is 8.27. The van der Waals surface area contributed by atoms with Crippen molar-refractivity contribution in [3.63, 3.8) is 0 Å². The summed E-state index contributed by atoms with van der Waals surface area (Å²) in [5.74, 6) is 9.11. The molecule has 5 aliphatic rings. The van der Waals surface area contributed by atoms with Gasteiger partial charge in [-0.2, -0.15) is 0 Å². The molecule has 2 heteroatoms. The van der Waals surface area contributed by atoms with Crippen LogP contribution in [0.2, 0.25) is 0 Å². The Hall–Kier alpha value is -0.0800. The molecule has 2 N–H and O–H groups in total. The highest BCUT2D eigenvalue weighted by atomic mass is 16.3. The van der Waals surface area contributed by atoms with Crippen molar-refractivity contribution in [1.29, 1.82) is 0 Å². The van der Waals surface area contributed by atoms with E-state index in [2.05, 4.69) is 0 Å². The molecule has 10 atom stereocenters. The number of aliphatic hydroxyl groups is 2. The lowest BCUT2D eigenvalue weighted by atomic mass is 9.68. The van der Waals surface area contributed by atoms with Gasteiger partial charge in [0.25, 0.3) is 0 Å². The first-order valence-corrected chi connectivity index (χ1v) is 9.05. The molecule has 0 aromatic heterocycles. The molecule has 0 aromatic carbocycles. The van der Waals surface area contributed by atoms with Crippen LogP contribution < -0.4 is 0 Å². The molecular weight excluding hydrogens is 248 g/mol. The first kappa shape index (κ1) is 12.5. The van der Waals surface area contributed by atoms with E-state index in [1.165, 1.54) is 32.1 Å². The van der Waals surface area contributed by atoms with Gasteiger partial charge in [-0.3, -0.25) is 0 Å². The molecule has 0 spiro atoms. The van der Waals surface area contributed by atoms with Crippen LogP contribution in [-0.2, 0) is 0 Å². The fourth-order valence-corrected chi connectivity index (χ4v) is 8.30. The normalized spacial score (nSPS) is 62.1. The monoisotopic (exact) mass is 276 g/mol. The lowest BCUT2D eigenvalue weighted by Crippen LogP contribution is -2.32. The number of fused-ring (bicyclic) bond motifs is 11. The zero-order valence-electron chi connectivity index (χ0n) is 12.3. The quantitative estimate of drug-likeness (QED) is 0.831. The van der Waals surface area contributed by atoms with E-state index in [0.29, 0.717) is 19.1 Å². The molecule has 0 aliphatic heterocycles. The number of hydrogen-bond donors (Lipinski definition) is 2. The highest BCUT2D eigenvalue weighted by Crippen LogP contribution is 2.73. The van der Waals surface area contributed by atoms with Gasteiger partial charge in [-0.05, 0) is 97.7 Å². The fourth-order valence-electron chi connectivity index (χ4n) is 8.30. The van der Waals surface area contributed by atoms with Gasteiger partial charge in [0, 0.05) is 13.2 Å². The van der Waals surface area contributed by atoms with Crippen LogP contribution in [0, 0.1) is 59.2 Å². The lowest BCUT2D eigenvalue weighted by Gasteiger charge is -2.37. The maximum absolute atomic E-state index is 9.78. The Morgan fingerprint density at radius 1 is 0.750 bits per heavy atom. The van der Waals surface area contributed by atoms with Gasteiger partial charge in [0.05, 0.1) is 0 Å². The fraction of sp³-hybridized carbons (Fsp3) is 1.00. The number of aliphatic hydroxyl groups excluding tert-OH is 2. The Bertz CT molecular complexity index is 408. The summed E-state index contributed by atoms with van der Waals surface area (Å²) in [6, 6.07) is 0. The van der Waals surface area contributed by atoms with Crippen LogP contribution in [0.15, 0.2) is 0 Å². The van der Waals surface area contributed by atoms with Crippen molar-refractivity contribution >= 4 is 0 Å². The first-order valence-electron chi connectivity index (χ1n) is 9.05. The van der Waals surface area contributed by atoms with Crippen LogP contribution in [0.3, 0.4) is 0 Å². The lowest BCUT2D eigenvalue weighted by molar-refractivity contribution is 0.0898. The Kier molecular flexibility index (Phi) is 2.63. The van der Waals surface area contributed by atoms with Gasteiger partial charge >= 0.3 is 0 Å². The predicted molar refractivity (Wildman–Crippen MR) is 76.8 cm³/mol. The topological polar surface area (TPSA) is 40.5 Å². The second-order valence-electron chi connectivity index (χ2n) is 8.64. The Morgan fingerprint density at radius 3 is 2.35 bits per heavy atom. The maximum Gasteiger partial charge on any atom is 0.0464 e. The van der Waals surface area contributed by atoms with E-state index >= 15 is 0 Å². The van der Waals surface area contributed by atoms with E-state index in [1.807, 2.05) is 0 Å². The second-order valence-corrected chi connectivity index (χ2v) is 8.64. The van der Waals surface area contributed by atoms with Gasteiger partial charge in [0.1, 0.15) is 0 Å². The zero-order chi connectivity index (χ0) is 13.4. The Labute approximate surface area is 122 Å². The zero-order valence-corrected chi connectivity index (χ0v) is 12.3. The summed E-state index contributed by atoms with van der Waals surface area (Å²) in [7, 11) is 0. The molecule has 20 heavy (non-hydrogen) atoms. The van der Waals surface area contributed by atoms with E-state index in [0.717, 1.165) is 59.7 Å². The summed E-state index contributed by atoms with van der Waals surface area (Å²) in [5.41, 5.74) is 0. The van der Waals surface area contributed by atoms with Gasteiger partial charge in [-0.15, -0.1) is 0 Å². The van der Waals surface area contributed by atoms with E-state index in [4.69, 9.17) is 0 Å². The maximum atomic E-state index is 9.78. The summed E-state index contributed by atoms with van der Waals surface area (Å²) in [5, 5.41) is 19.1. The molecule has 5 fully saturated rings. The van der Waals surface area contributed by atoms with Crippen LogP contribution in [-0.4, -0.2) is 23.4 Å². The molecule has 0 aromatic rings. The SMILES string of the molecule is OCCC1CC2CC1C1C2CC2C3CCC(C3CO)C21. The summed E-state index contributed by atoms with van der Waals surface area (Å²) >= 11 is 0. The smallest absolute Gasteiger partial charge is 0.0464 e. The van der Waals surface area contributed by atoms with Crippen molar-refractivity contribution in [1.82, 2.24) is 0 Å². The molecule has 0 saturated heterocycles. The average molecular weight is 276 g/mol. The summed E-state index contributed by atoms with van der Waals surface area (Å²) in [6.45, 7) is 0.846. The van der Waals surface area contributed by atoms with Crippen LogP contribution in [0.25, 0.3) is 0 Å². The highest BCUT2D eigenvalue weighted by Gasteiger charge is 2.67. The largest absolute Gasteiger partial charge is 0.396 e. The van der Waals surface area contributed by atoms with Crippen LogP contribution in [0.4, 0.5) is 0 Å². The molecule has 10 unspecified atom stereocenters. The van der Waals surface area contributed by atoms with Crippen molar-refractivity contribution in [2.75, 3.05) is 13.2 Å². The van der Waals surface area contributed by atoms with E-state index in [1.54, 1.807) is 0 Å². The molecule has 0 amide bonds. The molecule has 5 rings (SSSR count). The summed E-state index contributed by atoms with van der Waals surface area (Å²) in [4.78, 5) is 0. The van der Waals surface area contributed by atoms with Gasteiger partial charge < -0.3 is 10.2 Å². The third-order valence-electron chi connectivity index (χ3n) is 8.55. The van der Waals surface area contributed by atoms with Crippen molar-refractivity contribution in [3.05, 3.63) is 0 Å². The van der Waals surface area contributed by atoms with Crippen LogP contribution in [0.5, 0.6) is 0 Å².